The molecule has 1 aromatic carbocycles. The zero-order valence-electron chi connectivity index (χ0n) is 12.4. The molecule has 21 heavy (non-hydrogen) atoms. The number of nitrogens with one attached hydrogen (secondary N) is 1. The Hall–Kier alpha value is -1.53. The molecule has 0 saturated heterocycles. The zero-order chi connectivity index (χ0) is 15.7. The molecule has 1 unspecified atom stereocenters. The first-order valence-corrected chi connectivity index (χ1v) is 8.14. The van der Waals surface area contributed by atoms with Crippen molar-refractivity contribution in [2.75, 3.05) is 19.1 Å². The summed E-state index contributed by atoms with van der Waals surface area (Å²) in [5.41, 5.74) is 6.76. The Morgan fingerprint density at radius 3 is 2.57 bits per heavy atom. The van der Waals surface area contributed by atoms with E-state index in [0.29, 0.717) is 12.8 Å². The number of carbonyl (C=O) groups is 2. The molecule has 0 radical (unpaired) electrons. The minimum atomic E-state index is -0.717. The number of hydrogen-bond acceptors (Lipinski definition) is 5. The van der Waals surface area contributed by atoms with Crippen LogP contribution in [0.4, 0.5) is 0 Å². The smallest absolute Gasteiger partial charge is 0.328 e. The third-order valence-electron chi connectivity index (χ3n) is 3.05. The van der Waals surface area contributed by atoms with Gasteiger partial charge in [-0.05, 0) is 24.0 Å². The lowest BCUT2D eigenvalue weighted by Gasteiger charge is -2.19. The summed E-state index contributed by atoms with van der Waals surface area (Å²) in [5, 5.41) is 2.68. The van der Waals surface area contributed by atoms with Crippen molar-refractivity contribution in [3.05, 3.63) is 35.9 Å². The van der Waals surface area contributed by atoms with E-state index in [1.54, 1.807) is 11.8 Å². The van der Waals surface area contributed by atoms with Crippen molar-refractivity contribution in [3.63, 3.8) is 0 Å². The number of esters is 1. The Morgan fingerprint density at radius 2 is 2.00 bits per heavy atom. The highest BCUT2D eigenvalue weighted by Gasteiger charge is 2.24. The first-order valence-electron chi connectivity index (χ1n) is 6.75. The van der Waals surface area contributed by atoms with E-state index in [1.165, 1.54) is 7.11 Å². The van der Waals surface area contributed by atoms with Gasteiger partial charge in [0.25, 0.3) is 0 Å². The van der Waals surface area contributed by atoms with Crippen molar-refractivity contribution in [2.45, 2.75) is 24.9 Å². The van der Waals surface area contributed by atoms with E-state index in [0.717, 1.165) is 11.3 Å². The van der Waals surface area contributed by atoms with Gasteiger partial charge in [-0.1, -0.05) is 30.3 Å². The number of methoxy groups -OCH3 is 1. The van der Waals surface area contributed by atoms with E-state index in [9.17, 15) is 9.59 Å². The molecule has 0 aliphatic rings. The normalized spacial score (nSPS) is 13.3. The second-order valence-corrected chi connectivity index (χ2v) is 5.65. The van der Waals surface area contributed by atoms with Gasteiger partial charge in [0.2, 0.25) is 5.91 Å². The van der Waals surface area contributed by atoms with E-state index in [2.05, 4.69) is 5.32 Å². The van der Waals surface area contributed by atoms with Crippen LogP contribution >= 0.6 is 11.8 Å². The Kier molecular flexibility index (Phi) is 7.85. The van der Waals surface area contributed by atoms with Crippen molar-refractivity contribution in [1.82, 2.24) is 5.32 Å². The number of thioether (sulfide) groups is 1. The summed E-state index contributed by atoms with van der Waals surface area (Å²) in [4.78, 5) is 23.8. The lowest BCUT2D eigenvalue weighted by atomic mass is 10.1. The van der Waals surface area contributed by atoms with Crippen molar-refractivity contribution in [1.29, 1.82) is 0 Å². The second-order valence-electron chi connectivity index (χ2n) is 4.66. The SMILES string of the molecule is COC(=O)C(Cc1ccccc1)NC(=O)[C@@H](N)CCSC. The van der Waals surface area contributed by atoms with E-state index in [1.807, 2.05) is 36.6 Å². The molecule has 0 aliphatic heterocycles. The second kappa shape index (κ2) is 9.41. The number of ether oxygens (including phenoxy) is 1. The Balaban J connectivity index is 2.66. The number of nitrogens with two attached hydrogens (primary N) is 1. The van der Waals surface area contributed by atoms with Crippen LogP contribution in [0.3, 0.4) is 0 Å². The van der Waals surface area contributed by atoms with Gasteiger partial charge in [0.15, 0.2) is 0 Å². The Labute approximate surface area is 129 Å². The average molecular weight is 310 g/mol. The van der Waals surface area contributed by atoms with Crippen LogP contribution in [0.2, 0.25) is 0 Å². The number of amides is 1. The highest BCUT2D eigenvalue weighted by Crippen LogP contribution is 2.06. The quantitative estimate of drug-likeness (QED) is 0.699. The van der Waals surface area contributed by atoms with Crippen LogP contribution in [-0.2, 0) is 20.7 Å². The minimum absolute atomic E-state index is 0.324. The minimum Gasteiger partial charge on any atom is -0.467 e. The first kappa shape index (κ1) is 17.5. The van der Waals surface area contributed by atoms with Gasteiger partial charge in [0.1, 0.15) is 6.04 Å². The van der Waals surface area contributed by atoms with Gasteiger partial charge < -0.3 is 15.8 Å². The molecular weight excluding hydrogens is 288 g/mol. The molecule has 0 bridgehead atoms. The van der Waals surface area contributed by atoms with Crippen LogP contribution in [-0.4, -0.2) is 43.1 Å². The van der Waals surface area contributed by atoms with E-state index in [4.69, 9.17) is 10.5 Å². The molecule has 3 N–H and O–H groups in total. The topological polar surface area (TPSA) is 81.4 Å². The molecule has 1 rings (SSSR count). The number of hydrogen-bond donors (Lipinski definition) is 2. The first-order chi connectivity index (χ1) is 10.1. The molecule has 0 fully saturated rings. The molecule has 0 saturated carbocycles. The van der Waals surface area contributed by atoms with Crippen LogP contribution in [0.15, 0.2) is 30.3 Å². The van der Waals surface area contributed by atoms with E-state index >= 15 is 0 Å². The highest BCUT2D eigenvalue weighted by molar-refractivity contribution is 7.98. The van der Waals surface area contributed by atoms with Gasteiger partial charge in [-0.3, -0.25) is 4.79 Å². The van der Waals surface area contributed by atoms with Crippen LogP contribution in [0.5, 0.6) is 0 Å². The van der Waals surface area contributed by atoms with Crippen molar-refractivity contribution < 1.29 is 14.3 Å². The zero-order valence-corrected chi connectivity index (χ0v) is 13.2. The third kappa shape index (κ3) is 6.18. The van der Waals surface area contributed by atoms with Gasteiger partial charge in [-0.15, -0.1) is 0 Å². The van der Waals surface area contributed by atoms with Crippen molar-refractivity contribution in [3.8, 4) is 0 Å². The van der Waals surface area contributed by atoms with Gasteiger partial charge in [-0.25, -0.2) is 4.79 Å². The monoisotopic (exact) mass is 310 g/mol. The summed E-state index contributed by atoms with van der Waals surface area (Å²) in [6.07, 6.45) is 2.91. The molecule has 0 aliphatic carbocycles. The molecule has 0 aromatic heterocycles. The fourth-order valence-electron chi connectivity index (χ4n) is 1.84. The standard InChI is InChI=1S/C15H22N2O3S/c1-20-15(19)13(10-11-6-4-3-5-7-11)17-14(18)12(16)8-9-21-2/h3-7,12-13H,8-10,16H2,1-2H3,(H,17,18)/t12-,13?/m0/s1. The molecular formula is C15H22N2O3S. The van der Waals surface area contributed by atoms with Crippen LogP contribution in [0.1, 0.15) is 12.0 Å². The summed E-state index contributed by atoms with van der Waals surface area (Å²) >= 11 is 1.63. The summed E-state index contributed by atoms with van der Waals surface area (Å²) in [7, 11) is 1.31. The number of benzene rings is 1. The van der Waals surface area contributed by atoms with Gasteiger partial charge in [-0.2, -0.15) is 11.8 Å². The maximum Gasteiger partial charge on any atom is 0.328 e. The van der Waals surface area contributed by atoms with Crippen LogP contribution < -0.4 is 11.1 Å². The highest BCUT2D eigenvalue weighted by atomic mass is 32.2. The Morgan fingerprint density at radius 1 is 1.33 bits per heavy atom. The summed E-state index contributed by atoms with van der Waals surface area (Å²) < 4.78 is 4.75. The van der Waals surface area contributed by atoms with Gasteiger partial charge in [0.05, 0.1) is 13.2 Å². The van der Waals surface area contributed by atoms with Crippen molar-refractivity contribution >= 4 is 23.6 Å². The summed E-state index contributed by atoms with van der Waals surface area (Å²) in [6.45, 7) is 0. The van der Waals surface area contributed by atoms with Crippen LogP contribution in [0.25, 0.3) is 0 Å². The number of rotatable bonds is 8. The predicted octanol–water partition coefficient (Wildman–Crippen LogP) is 0.967. The van der Waals surface area contributed by atoms with E-state index < -0.39 is 18.1 Å². The van der Waals surface area contributed by atoms with Crippen LogP contribution in [0, 0.1) is 0 Å². The van der Waals surface area contributed by atoms with Gasteiger partial charge >= 0.3 is 5.97 Å². The molecule has 6 heteroatoms. The van der Waals surface area contributed by atoms with Crippen molar-refractivity contribution in [2.24, 2.45) is 5.73 Å². The molecule has 0 heterocycles. The third-order valence-corrected chi connectivity index (χ3v) is 3.70. The number of carbonyl (C=O) groups excluding carboxylic acids is 2. The maximum absolute atomic E-state index is 12.0. The maximum atomic E-state index is 12.0. The fraction of sp³-hybridized carbons (Fsp3) is 0.467. The molecule has 1 aromatic rings. The van der Waals surface area contributed by atoms with Gasteiger partial charge in [0, 0.05) is 6.42 Å². The largest absolute Gasteiger partial charge is 0.467 e. The average Bonchev–Trinajstić information content (AvgIpc) is 2.51. The molecule has 0 spiro atoms. The Bertz CT molecular complexity index is 453. The summed E-state index contributed by atoms with van der Waals surface area (Å²) in [6, 6.07) is 8.13. The molecule has 2 atom stereocenters. The molecule has 5 nitrogen and oxygen atoms in total. The molecule has 116 valence electrons. The lowest BCUT2D eigenvalue weighted by Crippen LogP contribution is -2.49. The fourth-order valence-corrected chi connectivity index (χ4v) is 2.33. The lowest BCUT2D eigenvalue weighted by molar-refractivity contribution is -0.145. The predicted molar refractivity (Wildman–Crippen MR) is 85.1 cm³/mol. The molecule has 1 amide bonds. The van der Waals surface area contributed by atoms with E-state index in [-0.39, 0.29) is 5.91 Å². The summed E-state index contributed by atoms with van der Waals surface area (Å²) in [5.74, 6) is 0.00976.